The van der Waals surface area contributed by atoms with Crippen LogP contribution in [0.3, 0.4) is 0 Å². The van der Waals surface area contributed by atoms with E-state index in [1.165, 1.54) is 11.3 Å². The predicted octanol–water partition coefficient (Wildman–Crippen LogP) is -0.359. The SMILES string of the molecule is NC(N)=[NH+]c1nc([C@H]2COc3ccccc3O2)cs1. The molecule has 2 heterocycles. The van der Waals surface area contributed by atoms with Gasteiger partial charge in [0.25, 0.3) is 5.13 Å². The Labute approximate surface area is 113 Å². The number of hydrogen-bond donors (Lipinski definition) is 3. The van der Waals surface area contributed by atoms with Gasteiger partial charge in [-0.25, -0.2) is 4.99 Å². The monoisotopic (exact) mass is 277 g/mol. The second-order valence-corrected chi connectivity index (χ2v) is 4.88. The largest absolute Gasteiger partial charge is 0.485 e. The number of nitrogens with two attached hydrogens (primary N) is 2. The molecule has 7 heteroatoms. The maximum absolute atomic E-state index is 5.86. The topological polar surface area (TPSA) is 97.4 Å². The summed E-state index contributed by atoms with van der Waals surface area (Å²) in [5, 5.41) is 2.53. The molecule has 0 bridgehead atoms. The minimum Gasteiger partial charge on any atom is -0.485 e. The number of benzene rings is 1. The van der Waals surface area contributed by atoms with E-state index in [2.05, 4.69) is 9.98 Å². The zero-order valence-corrected chi connectivity index (χ0v) is 10.8. The van der Waals surface area contributed by atoms with Gasteiger partial charge in [0.15, 0.2) is 23.3 Å². The number of ether oxygens (including phenoxy) is 2. The number of thiazole rings is 1. The van der Waals surface area contributed by atoms with E-state index in [9.17, 15) is 0 Å². The summed E-state index contributed by atoms with van der Waals surface area (Å²) >= 11 is 1.41. The summed E-state index contributed by atoms with van der Waals surface area (Å²) in [6.07, 6.45) is -0.222. The Balaban J connectivity index is 1.81. The predicted molar refractivity (Wildman–Crippen MR) is 71.4 cm³/mol. The van der Waals surface area contributed by atoms with E-state index in [-0.39, 0.29) is 12.1 Å². The third kappa shape index (κ3) is 2.45. The molecule has 0 fully saturated rings. The fraction of sp³-hybridized carbons (Fsp3) is 0.167. The number of aromatic nitrogens is 1. The molecule has 0 amide bonds. The molecule has 1 aromatic carbocycles. The van der Waals surface area contributed by atoms with E-state index in [1.54, 1.807) is 0 Å². The molecule has 2 aromatic rings. The van der Waals surface area contributed by atoms with Crippen molar-refractivity contribution in [3.05, 3.63) is 35.3 Å². The summed E-state index contributed by atoms with van der Waals surface area (Å²) < 4.78 is 11.5. The molecule has 0 saturated carbocycles. The van der Waals surface area contributed by atoms with Gasteiger partial charge in [0.1, 0.15) is 6.61 Å². The van der Waals surface area contributed by atoms with Crippen molar-refractivity contribution in [1.29, 1.82) is 0 Å². The van der Waals surface area contributed by atoms with Gasteiger partial charge in [-0.1, -0.05) is 23.5 Å². The number of nitrogens with zero attached hydrogens (tertiary/aromatic N) is 1. The van der Waals surface area contributed by atoms with Crippen LogP contribution in [0.2, 0.25) is 0 Å². The van der Waals surface area contributed by atoms with Crippen molar-refractivity contribution in [2.24, 2.45) is 11.5 Å². The molecule has 0 aliphatic carbocycles. The van der Waals surface area contributed by atoms with Gasteiger partial charge >= 0.3 is 5.96 Å². The van der Waals surface area contributed by atoms with Crippen molar-refractivity contribution >= 4 is 22.4 Å². The number of rotatable bonds is 2. The molecule has 0 radical (unpaired) electrons. The molecule has 1 atom stereocenters. The zero-order chi connectivity index (χ0) is 13.2. The van der Waals surface area contributed by atoms with Crippen LogP contribution in [-0.4, -0.2) is 17.6 Å². The maximum atomic E-state index is 5.86. The highest BCUT2D eigenvalue weighted by Crippen LogP contribution is 2.36. The highest BCUT2D eigenvalue weighted by atomic mass is 32.1. The van der Waals surface area contributed by atoms with Crippen molar-refractivity contribution in [1.82, 2.24) is 4.98 Å². The summed E-state index contributed by atoms with van der Waals surface area (Å²) in [4.78, 5) is 7.14. The van der Waals surface area contributed by atoms with E-state index >= 15 is 0 Å². The molecule has 19 heavy (non-hydrogen) atoms. The van der Waals surface area contributed by atoms with Crippen LogP contribution in [0, 0.1) is 0 Å². The number of hydrogen-bond acceptors (Lipinski definition) is 4. The fourth-order valence-electron chi connectivity index (χ4n) is 1.78. The molecule has 3 rings (SSSR count). The Kier molecular flexibility index (Phi) is 2.96. The Morgan fingerprint density at radius 1 is 1.32 bits per heavy atom. The second kappa shape index (κ2) is 4.77. The van der Waals surface area contributed by atoms with E-state index in [4.69, 9.17) is 20.9 Å². The zero-order valence-electron chi connectivity index (χ0n) is 10.00. The van der Waals surface area contributed by atoms with E-state index < -0.39 is 0 Å². The van der Waals surface area contributed by atoms with Crippen LogP contribution in [0.1, 0.15) is 11.8 Å². The Morgan fingerprint density at radius 2 is 2.11 bits per heavy atom. The summed E-state index contributed by atoms with van der Waals surface area (Å²) in [5.74, 6) is 1.60. The molecule has 1 aliphatic rings. The average Bonchev–Trinajstić information content (AvgIpc) is 2.86. The minimum atomic E-state index is -0.222. The van der Waals surface area contributed by atoms with Crippen molar-refractivity contribution < 1.29 is 14.5 Å². The van der Waals surface area contributed by atoms with Crippen LogP contribution < -0.4 is 25.9 Å². The van der Waals surface area contributed by atoms with Gasteiger partial charge in [-0.15, -0.1) is 4.98 Å². The Hall–Kier alpha value is -2.28. The first-order valence-electron chi connectivity index (χ1n) is 5.71. The number of para-hydroxylation sites is 2. The van der Waals surface area contributed by atoms with Crippen LogP contribution in [0.15, 0.2) is 29.6 Å². The highest BCUT2D eigenvalue weighted by Gasteiger charge is 2.26. The van der Waals surface area contributed by atoms with Crippen LogP contribution in [0.5, 0.6) is 11.5 Å². The molecule has 1 aromatic heterocycles. The van der Waals surface area contributed by atoms with Gasteiger partial charge < -0.3 is 20.9 Å². The third-order valence-corrected chi connectivity index (χ3v) is 3.39. The lowest BCUT2D eigenvalue weighted by Gasteiger charge is -2.24. The van der Waals surface area contributed by atoms with E-state index in [0.29, 0.717) is 11.7 Å². The van der Waals surface area contributed by atoms with Crippen molar-refractivity contribution in [3.8, 4) is 11.5 Å². The average molecular weight is 277 g/mol. The Morgan fingerprint density at radius 3 is 2.89 bits per heavy atom. The van der Waals surface area contributed by atoms with Gasteiger partial charge in [0.05, 0.1) is 0 Å². The van der Waals surface area contributed by atoms with Gasteiger partial charge in [0, 0.05) is 5.38 Å². The van der Waals surface area contributed by atoms with Crippen molar-refractivity contribution in [2.75, 3.05) is 6.61 Å². The molecular weight excluding hydrogens is 264 g/mol. The summed E-state index contributed by atoms with van der Waals surface area (Å²) in [7, 11) is 0. The standard InChI is InChI=1S/C12H12N4O2S/c13-11(14)16-12-15-7(6-19-12)10-5-17-8-3-1-2-4-9(8)18-10/h1-4,6,10H,5H2,(H4,13,14,15,16)/p+1/t10-/m1/s1. The quantitative estimate of drug-likeness (QED) is 0.514. The van der Waals surface area contributed by atoms with Crippen molar-refractivity contribution in [3.63, 3.8) is 0 Å². The molecule has 98 valence electrons. The lowest BCUT2D eigenvalue weighted by atomic mass is 10.2. The third-order valence-electron chi connectivity index (χ3n) is 2.61. The fourth-order valence-corrected chi connectivity index (χ4v) is 2.55. The van der Waals surface area contributed by atoms with Gasteiger partial charge in [-0.3, -0.25) is 0 Å². The van der Waals surface area contributed by atoms with Crippen LogP contribution >= 0.6 is 11.3 Å². The molecule has 1 aliphatic heterocycles. The minimum absolute atomic E-state index is 0.118. The normalized spacial score (nSPS) is 16.9. The molecule has 6 nitrogen and oxygen atoms in total. The molecule has 0 saturated heterocycles. The summed E-state index contributed by atoms with van der Waals surface area (Å²) in [6.45, 7) is 0.433. The van der Waals surface area contributed by atoms with E-state index in [1.807, 2.05) is 29.6 Å². The number of nitrogens with one attached hydrogen (secondary N) is 1. The first-order chi connectivity index (χ1) is 9.22. The maximum Gasteiger partial charge on any atom is 0.303 e. The molecular formula is C12H13N4O2S+. The number of guanidine groups is 1. The lowest BCUT2D eigenvalue weighted by molar-refractivity contribution is -0.356. The highest BCUT2D eigenvalue weighted by molar-refractivity contribution is 7.12. The second-order valence-electron chi connectivity index (χ2n) is 4.02. The van der Waals surface area contributed by atoms with Gasteiger partial charge in [-0.05, 0) is 12.1 Å². The van der Waals surface area contributed by atoms with Crippen LogP contribution in [-0.2, 0) is 0 Å². The van der Waals surface area contributed by atoms with Gasteiger partial charge in [-0.2, -0.15) is 0 Å². The molecule has 5 N–H and O–H groups in total. The molecule has 0 unspecified atom stereocenters. The Bertz CT molecular complexity index is 622. The van der Waals surface area contributed by atoms with E-state index in [0.717, 1.165) is 17.2 Å². The van der Waals surface area contributed by atoms with Crippen LogP contribution in [0.25, 0.3) is 0 Å². The van der Waals surface area contributed by atoms with Crippen molar-refractivity contribution in [2.45, 2.75) is 6.10 Å². The summed E-state index contributed by atoms with van der Waals surface area (Å²) in [5.41, 5.74) is 11.5. The number of fused-ring (bicyclic) bond motifs is 1. The lowest BCUT2D eigenvalue weighted by Crippen LogP contribution is -2.72. The van der Waals surface area contributed by atoms with Gasteiger partial charge in [0.2, 0.25) is 0 Å². The van der Waals surface area contributed by atoms with Crippen LogP contribution in [0.4, 0.5) is 5.13 Å². The first-order valence-corrected chi connectivity index (χ1v) is 6.59. The summed E-state index contributed by atoms with van der Waals surface area (Å²) in [6, 6.07) is 7.57. The smallest absolute Gasteiger partial charge is 0.303 e. The molecule has 0 spiro atoms. The first kappa shape index (κ1) is 11.8.